The molecular weight excluding hydrogens is 152 g/mol. The lowest BCUT2D eigenvalue weighted by Crippen LogP contribution is -2.15. The van der Waals surface area contributed by atoms with Crippen LogP contribution in [-0.2, 0) is 9.53 Å². The van der Waals surface area contributed by atoms with Crippen LogP contribution in [0.15, 0.2) is 12.2 Å². The Morgan fingerprint density at radius 2 is 2.08 bits per heavy atom. The highest BCUT2D eigenvalue weighted by Gasteiger charge is 2.10. The molecule has 0 radical (unpaired) electrons. The normalized spacial score (nSPS) is 12.2. The van der Waals surface area contributed by atoms with Gasteiger partial charge in [0.1, 0.15) is 0 Å². The maximum atomic E-state index is 11.1. The van der Waals surface area contributed by atoms with Crippen molar-refractivity contribution in [2.45, 2.75) is 46.1 Å². The van der Waals surface area contributed by atoms with Crippen LogP contribution in [-0.4, -0.2) is 12.1 Å². The summed E-state index contributed by atoms with van der Waals surface area (Å²) in [5.74, 6) is -0.251. The van der Waals surface area contributed by atoms with Crippen LogP contribution in [0, 0.1) is 0 Å². The molecule has 0 aliphatic carbocycles. The average molecular weight is 170 g/mol. The summed E-state index contributed by atoms with van der Waals surface area (Å²) in [5, 5.41) is 0. The summed E-state index contributed by atoms with van der Waals surface area (Å²) >= 11 is 0. The van der Waals surface area contributed by atoms with E-state index in [1.54, 1.807) is 0 Å². The number of carbonyl (C=O) groups excluding carboxylic acids is 1. The third-order valence-corrected chi connectivity index (χ3v) is 1.72. The van der Waals surface area contributed by atoms with Gasteiger partial charge in [-0.15, -0.1) is 0 Å². The van der Waals surface area contributed by atoms with Crippen molar-refractivity contribution in [1.82, 2.24) is 0 Å². The van der Waals surface area contributed by atoms with E-state index < -0.39 is 0 Å². The molecule has 0 saturated heterocycles. The summed E-state index contributed by atoms with van der Waals surface area (Å²) in [6.07, 6.45) is 2.64. The summed E-state index contributed by atoms with van der Waals surface area (Å²) in [5.41, 5.74) is 0.554. The van der Waals surface area contributed by atoms with Crippen LogP contribution in [0.25, 0.3) is 0 Å². The van der Waals surface area contributed by atoms with Crippen LogP contribution in [0.1, 0.15) is 40.0 Å². The van der Waals surface area contributed by atoms with Gasteiger partial charge in [-0.05, 0) is 19.8 Å². The SMILES string of the molecule is C=C(CC)C(=O)OC(C)CCC. The van der Waals surface area contributed by atoms with Gasteiger partial charge in [0.25, 0.3) is 0 Å². The van der Waals surface area contributed by atoms with Gasteiger partial charge in [-0.3, -0.25) is 0 Å². The third kappa shape index (κ3) is 4.16. The first kappa shape index (κ1) is 11.2. The zero-order chi connectivity index (χ0) is 9.56. The Bertz CT molecular complexity index is 161. The Kier molecular flexibility index (Phi) is 5.43. The molecule has 2 heteroatoms. The standard InChI is InChI=1S/C10H18O2/c1-5-7-9(4)12-10(11)8(3)6-2/h9H,3,5-7H2,1-2,4H3. The lowest BCUT2D eigenvalue weighted by Gasteiger charge is -2.12. The van der Waals surface area contributed by atoms with Gasteiger partial charge in [-0.1, -0.05) is 26.8 Å². The summed E-state index contributed by atoms with van der Waals surface area (Å²) in [6, 6.07) is 0. The Morgan fingerprint density at radius 3 is 2.50 bits per heavy atom. The average Bonchev–Trinajstić information content (AvgIpc) is 2.03. The number of ether oxygens (including phenoxy) is 1. The minimum absolute atomic E-state index is 0.0193. The highest BCUT2D eigenvalue weighted by molar-refractivity contribution is 5.87. The van der Waals surface area contributed by atoms with E-state index in [2.05, 4.69) is 13.5 Å². The lowest BCUT2D eigenvalue weighted by molar-refractivity contribution is -0.143. The second kappa shape index (κ2) is 5.81. The lowest BCUT2D eigenvalue weighted by atomic mass is 10.2. The van der Waals surface area contributed by atoms with Gasteiger partial charge in [0, 0.05) is 5.57 Å². The first-order valence-electron chi connectivity index (χ1n) is 4.50. The van der Waals surface area contributed by atoms with Crippen LogP contribution >= 0.6 is 0 Å². The molecule has 1 unspecified atom stereocenters. The second-order valence-electron chi connectivity index (χ2n) is 2.96. The maximum Gasteiger partial charge on any atom is 0.333 e. The molecule has 12 heavy (non-hydrogen) atoms. The highest BCUT2D eigenvalue weighted by Crippen LogP contribution is 2.06. The fourth-order valence-electron chi connectivity index (χ4n) is 0.876. The fraction of sp³-hybridized carbons (Fsp3) is 0.700. The topological polar surface area (TPSA) is 26.3 Å². The number of carbonyl (C=O) groups is 1. The van der Waals surface area contributed by atoms with E-state index >= 15 is 0 Å². The molecule has 0 rings (SSSR count). The third-order valence-electron chi connectivity index (χ3n) is 1.72. The Morgan fingerprint density at radius 1 is 1.50 bits per heavy atom. The molecule has 1 atom stereocenters. The minimum atomic E-state index is -0.251. The van der Waals surface area contributed by atoms with Crippen LogP contribution in [0.2, 0.25) is 0 Å². The molecule has 0 heterocycles. The summed E-state index contributed by atoms with van der Waals surface area (Å²) in [6.45, 7) is 9.48. The maximum absolute atomic E-state index is 11.1. The van der Waals surface area contributed by atoms with Gasteiger partial charge >= 0.3 is 5.97 Å². The molecule has 0 fully saturated rings. The molecule has 0 aromatic carbocycles. The van der Waals surface area contributed by atoms with Crippen molar-refractivity contribution < 1.29 is 9.53 Å². The van der Waals surface area contributed by atoms with Gasteiger partial charge in [-0.25, -0.2) is 4.79 Å². The highest BCUT2D eigenvalue weighted by atomic mass is 16.5. The zero-order valence-electron chi connectivity index (χ0n) is 8.22. The Hall–Kier alpha value is -0.790. The fourth-order valence-corrected chi connectivity index (χ4v) is 0.876. The number of hydrogen-bond donors (Lipinski definition) is 0. The quantitative estimate of drug-likeness (QED) is 0.468. The van der Waals surface area contributed by atoms with E-state index in [0.29, 0.717) is 12.0 Å². The van der Waals surface area contributed by atoms with Crippen molar-refractivity contribution in [3.63, 3.8) is 0 Å². The molecule has 0 N–H and O–H groups in total. The predicted octanol–water partition coefficient (Wildman–Crippen LogP) is 2.68. The molecule has 0 aromatic rings. The molecule has 0 amide bonds. The molecule has 2 nitrogen and oxygen atoms in total. The van der Waals surface area contributed by atoms with Crippen molar-refractivity contribution in [1.29, 1.82) is 0 Å². The monoisotopic (exact) mass is 170 g/mol. The molecule has 70 valence electrons. The van der Waals surface area contributed by atoms with E-state index in [1.807, 2.05) is 13.8 Å². The second-order valence-corrected chi connectivity index (χ2v) is 2.96. The van der Waals surface area contributed by atoms with E-state index in [4.69, 9.17) is 4.74 Å². The van der Waals surface area contributed by atoms with Gasteiger partial charge in [0.2, 0.25) is 0 Å². The van der Waals surface area contributed by atoms with E-state index in [1.165, 1.54) is 0 Å². The van der Waals surface area contributed by atoms with Crippen LogP contribution in [0.5, 0.6) is 0 Å². The molecular formula is C10H18O2. The summed E-state index contributed by atoms with van der Waals surface area (Å²) < 4.78 is 5.10. The first-order valence-corrected chi connectivity index (χ1v) is 4.50. The first-order chi connectivity index (χ1) is 5.61. The number of esters is 1. The van der Waals surface area contributed by atoms with Crippen LogP contribution < -0.4 is 0 Å². The van der Waals surface area contributed by atoms with Gasteiger partial charge < -0.3 is 4.74 Å². The largest absolute Gasteiger partial charge is 0.459 e. The van der Waals surface area contributed by atoms with E-state index in [9.17, 15) is 4.79 Å². The van der Waals surface area contributed by atoms with E-state index in [0.717, 1.165) is 12.8 Å². The zero-order valence-corrected chi connectivity index (χ0v) is 8.22. The molecule has 0 saturated carbocycles. The van der Waals surface area contributed by atoms with Gasteiger partial charge in [0.05, 0.1) is 6.10 Å². The van der Waals surface area contributed by atoms with E-state index in [-0.39, 0.29) is 12.1 Å². The van der Waals surface area contributed by atoms with Crippen molar-refractivity contribution in [3.05, 3.63) is 12.2 Å². The van der Waals surface area contributed by atoms with Crippen molar-refractivity contribution in [2.24, 2.45) is 0 Å². The molecule has 0 spiro atoms. The molecule has 0 aliphatic heterocycles. The molecule has 0 aromatic heterocycles. The molecule has 0 bridgehead atoms. The van der Waals surface area contributed by atoms with Crippen LogP contribution in [0.3, 0.4) is 0 Å². The van der Waals surface area contributed by atoms with Crippen LogP contribution in [0.4, 0.5) is 0 Å². The number of rotatable bonds is 5. The summed E-state index contributed by atoms with van der Waals surface area (Å²) in [7, 11) is 0. The number of hydrogen-bond acceptors (Lipinski definition) is 2. The smallest absolute Gasteiger partial charge is 0.333 e. The Balaban J connectivity index is 3.76. The van der Waals surface area contributed by atoms with Gasteiger partial charge in [0.15, 0.2) is 0 Å². The van der Waals surface area contributed by atoms with Crippen molar-refractivity contribution >= 4 is 5.97 Å². The Labute approximate surface area is 74.6 Å². The van der Waals surface area contributed by atoms with Crippen molar-refractivity contribution in [2.75, 3.05) is 0 Å². The van der Waals surface area contributed by atoms with Crippen molar-refractivity contribution in [3.8, 4) is 0 Å². The predicted molar refractivity (Wildman–Crippen MR) is 49.9 cm³/mol. The summed E-state index contributed by atoms with van der Waals surface area (Å²) in [4.78, 5) is 11.1. The van der Waals surface area contributed by atoms with Gasteiger partial charge in [-0.2, -0.15) is 0 Å². The molecule has 0 aliphatic rings. The minimum Gasteiger partial charge on any atom is -0.459 e.